The number of fused-ring (bicyclic) bond motifs is 1. The molecule has 1 heterocycles. The first-order valence-corrected chi connectivity index (χ1v) is 11.7. The molecule has 5 rings (SSSR count). The summed E-state index contributed by atoms with van der Waals surface area (Å²) < 4.78 is 0. The number of Topliss-reactive ketones (excluding diaryl/α,β-unsaturated/α-hetero) is 2. The van der Waals surface area contributed by atoms with Crippen molar-refractivity contribution in [3.63, 3.8) is 0 Å². The topological polar surface area (TPSA) is 47.0 Å². The van der Waals surface area contributed by atoms with Gasteiger partial charge in [-0.05, 0) is 59.0 Å². The fourth-order valence-corrected chi connectivity index (χ4v) is 4.59. The van der Waals surface area contributed by atoms with Crippen LogP contribution in [0.15, 0.2) is 85.2 Å². The van der Waals surface area contributed by atoms with Gasteiger partial charge in [0.15, 0.2) is 5.78 Å². The van der Waals surface area contributed by atoms with Crippen LogP contribution in [0, 0.1) is 5.92 Å². The van der Waals surface area contributed by atoms with Gasteiger partial charge in [-0.15, -0.1) is 0 Å². The second-order valence-electron chi connectivity index (χ2n) is 8.82. The quantitative estimate of drug-likeness (QED) is 0.282. The van der Waals surface area contributed by atoms with E-state index in [9.17, 15) is 9.59 Å². The molecule has 1 aliphatic rings. The van der Waals surface area contributed by atoms with Gasteiger partial charge in [0.05, 0.1) is 0 Å². The molecule has 4 aromatic rings. The van der Waals surface area contributed by atoms with E-state index in [2.05, 4.69) is 11.1 Å². The zero-order valence-corrected chi connectivity index (χ0v) is 19.0. The molecule has 1 saturated carbocycles. The van der Waals surface area contributed by atoms with Crippen LogP contribution in [0.5, 0.6) is 0 Å². The fourth-order valence-electron chi connectivity index (χ4n) is 4.46. The van der Waals surface area contributed by atoms with Gasteiger partial charge in [-0.2, -0.15) is 0 Å². The lowest BCUT2D eigenvalue weighted by atomic mass is 9.98. The Morgan fingerprint density at radius 1 is 0.879 bits per heavy atom. The van der Waals surface area contributed by atoms with Crippen molar-refractivity contribution in [2.75, 3.05) is 0 Å². The number of benzene rings is 3. The number of carbonyl (C=O) groups excluding carboxylic acids is 2. The summed E-state index contributed by atoms with van der Waals surface area (Å²) in [6.45, 7) is 0. The van der Waals surface area contributed by atoms with Gasteiger partial charge in [0.25, 0.3) is 0 Å². The molecule has 0 N–H and O–H groups in total. The van der Waals surface area contributed by atoms with Crippen molar-refractivity contribution in [1.29, 1.82) is 0 Å². The molecule has 164 valence electrons. The molecule has 0 spiro atoms. The number of rotatable bonds is 8. The molecule has 0 saturated heterocycles. The first-order chi connectivity index (χ1) is 16.1. The summed E-state index contributed by atoms with van der Waals surface area (Å²) >= 11 is 5.92. The Morgan fingerprint density at radius 3 is 2.42 bits per heavy atom. The van der Waals surface area contributed by atoms with Gasteiger partial charge >= 0.3 is 0 Å². The number of halogens is 1. The van der Waals surface area contributed by atoms with Crippen LogP contribution in [-0.2, 0) is 17.6 Å². The number of aromatic nitrogens is 1. The highest BCUT2D eigenvalue weighted by molar-refractivity contribution is 6.30. The van der Waals surface area contributed by atoms with Crippen molar-refractivity contribution in [1.82, 2.24) is 4.98 Å². The third-order valence-corrected chi connectivity index (χ3v) is 6.75. The van der Waals surface area contributed by atoms with Crippen molar-refractivity contribution >= 4 is 33.9 Å². The Balaban J connectivity index is 1.16. The minimum atomic E-state index is 0.0737. The summed E-state index contributed by atoms with van der Waals surface area (Å²) in [5, 5.41) is 2.90. The van der Waals surface area contributed by atoms with Gasteiger partial charge in [-0.1, -0.05) is 66.2 Å². The van der Waals surface area contributed by atoms with Crippen LogP contribution in [0.1, 0.15) is 45.8 Å². The highest BCUT2D eigenvalue weighted by Crippen LogP contribution is 2.48. The van der Waals surface area contributed by atoms with Crippen LogP contribution >= 0.6 is 11.6 Å². The lowest BCUT2D eigenvalue weighted by molar-refractivity contribution is -0.119. The number of pyridine rings is 1. The van der Waals surface area contributed by atoms with Crippen LogP contribution in [0.25, 0.3) is 10.8 Å². The summed E-state index contributed by atoms with van der Waals surface area (Å²) in [4.78, 5) is 29.5. The second-order valence-corrected chi connectivity index (χ2v) is 9.26. The molecular formula is C29H24ClNO2. The predicted octanol–water partition coefficient (Wildman–Crippen LogP) is 6.62. The van der Waals surface area contributed by atoms with E-state index in [1.54, 1.807) is 6.20 Å². The molecule has 0 unspecified atom stereocenters. The summed E-state index contributed by atoms with van der Waals surface area (Å²) in [5.41, 5.74) is 4.02. The Bertz CT molecular complexity index is 1310. The van der Waals surface area contributed by atoms with Crippen LogP contribution in [0.2, 0.25) is 5.02 Å². The van der Waals surface area contributed by atoms with E-state index < -0.39 is 0 Å². The average Bonchev–Trinajstić information content (AvgIpc) is 3.65. The summed E-state index contributed by atoms with van der Waals surface area (Å²) in [5.74, 6) is 0.757. The van der Waals surface area contributed by atoms with Crippen molar-refractivity contribution < 1.29 is 9.59 Å². The van der Waals surface area contributed by atoms with Crippen molar-refractivity contribution in [3.8, 4) is 0 Å². The predicted molar refractivity (Wildman–Crippen MR) is 132 cm³/mol. The minimum Gasteiger partial charge on any atom is -0.299 e. The molecule has 4 heteroatoms. The molecule has 0 radical (unpaired) electrons. The van der Waals surface area contributed by atoms with Crippen LogP contribution in [0.3, 0.4) is 0 Å². The molecule has 3 nitrogen and oxygen atoms in total. The van der Waals surface area contributed by atoms with Gasteiger partial charge in [0.2, 0.25) is 0 Å². The Hall–Kier alpha value is -3.30. The van der Waals surface area contributed by atoms with Crippen LogP contribution in [-0.4, -0.2) is 16.6 Å². The van der Waals surface area contributed by atoms with Gasteiger partial charge < -0.3 is 0 Å². The lowest BCUT2D eigenvalue weighted by Gasteiger charge is -2.06. The third-order valence-electron chi connectivity index (χ3n) is 6.50. The van der Waals surface area contributed by atoms with E-state index in [0.29, 0.717) is 24.3 Å². The van der Waals surface area contributed by atoms with Gasteiger partial charge in [-0.3, -0.25) is 14.6 Å². The summed E-state index contributed by atoms with van der Waals surface area (Å²) in [6, 6.07) is 23.5. The lowest BCUT2D eigenvalue weighted by Crippen LogP contribution is -2.06. The summed E-state index contributed by atoms with van der Waals surface area (Å²) in [7, 11) is 0. The van der Waals surface area contributed by atoms with E-state index in [1.165, 1.54) is 0 Å². The third kappa shape index (κ3) is 5.04. The number of aryl methyl sites for hydroxylation is 1. The Kier molecular flexibility index (Phi) is 6.06. The summed E-state index contributed by atoms with van der Waals surface area (Å²) in [6.07, 6.45) is 6.12. The maximum atomic E-state index is 12.8. The number of hydrogen-bond acceptors (Lipinski definition) is 3. The molecule has 2 atom stereocenters. The maximum absolute atomic E-state index is 12.8. The molecule has 1 fully saturated rings. The maximum Gasteiger partial charge on any atom is 0.163 e. The number of ketones is 2. The SMILES string of the molecule is O=C(CCc1ccc(Cl)cc1)c1ccc([C@@H]2C[C@H]2C(=O)Cc2ccc3cnccc3c2)cc1. The minimum absolute atomic E-state index is 0.0737. The highest BCUT2D eigenvalue weighted by atomic mass is 35.5. The zero-order chi connectivity index (χ0) is 22.8. The average molecular weight is 454 g/mol. The van der Waals surface area contributed by atoms with E-state index >= 15 is 0 Å². The van der Waals surface area contributed by atoms with Crippen molar-refractivity contribution in [3.05, 3.63) is 112 Å². The zero-order valence-electron chi connectivity index (χ0n) is 18.2. The molecule has 0 amide bonds. The molecule has 0 aliphatic heterocycles. The molecule has 1 aromatic heterocycles. The standard InChI is InChI=1S/C29H24ClNO2/c30-25-10-2-19(3-11-25)4-12-28(32)22-8-6-21(7-9-22)26-17-27(26)29(33)16-20-1-5-24-18-31-14-13-23(24)15-20/h1-3,5-11,13-15,18,26-27H,4,12,16-17H2/t26-,27+/m0/s1. The van der Waals surface area contributed by atoms with Gasteiger partial charge in [0.1, 0.15) is 5.78 Å². The number of hydrogen-bond donors (Lipinski definition) is 0. The van der Waals surface area contributed by atoms with E-state index in [-0.39, 0.29) is 23.4 Å². The number of carbonyl (C=O) groups is 2. The van der Waals surface area contributed by atoms with Crippen LogP contribution in [0.4, 0.5) is 0 Å². The van der Waals surface area contributed by atoms with E-state index in [0.717, 1.165) is 39.4 Å². The van der Waals surface area contributed by atoms with E-state index in [4.69, 9.17) is 11.6 Å². The first kappa shape index (κ1) is 21.5. The molecular weight excluding hydrogens is 430 g/mol. The smallest absolute Gasteiger partial charge is 0.163 e. The van der Waals surface area contributed by atoms with Gasteiger partial charge in [0, 0.05) is 47.1 Å². The fraction of sp³-hybridized carbons (Fsp3) is 0.207. The normalized spacial score (nSPS) is 17.1. The van der Waals surface area contributed by atoms with Crippen LogP contribution < -0.4 is 0 Å². The molecule has 0 bridgehead atoms. The van der Waals surface area contributed by atoms with E-state index in [1.807, 2.05) is 72.9 Å². The molecule has 33 heavy (non-hydrogen) atoms. The monoisotopic (exact) mass is 453 g/mol. The Labute approximate surface area is 198 Å². The van der Waals surface area contributed by atoms with Gasteiger partial charge in [-0.25, -0.2) is 0 Å². The van der Waals surface area contributed by atoms with Crippen molar-refractivity contribution in [2.45, 2.75) is 31.6 Å². The largest absolute Gasteiger partial charge is 0.299 e. The first-order valence-electron chi connectivity index (χ1n) is 11.3. The Morgan fingerprint density at radius 2 is 1.64 bits per heavy atom. The molecule has 3 aromatic carbocycles. The highest BCUT2D eigenvalue weighted by Gasteiger charge is 2.43. The number of nitrogens with zero attached hydrogens (tertiary/aromatic N) is 1. The second kappa shape index (κ2) is 9.29. The van der Waals surface area contributed by atoms with Crippen molar-refractivity contribution in [2.24, 2.45) is 5.92 Å². The molecule has 1 aliphatic carbocycles.